The number of hydrogen-bond acceptors (Lipinski definition) is 7. The summed E-state index contributed by atoms with van der Waals surface area (Å²) in [6, 6.07) is 11.2. The molecular weight excluding hydrogens is 328 g/mol. The van der Waals surface area contributed by atoms with Crippen LogP contribution in [0.2, 0.25) is 0 Å². The summed E-state index contributed by atoms with van der Waals surface area (Å²) < 4.78 is 16.3. The van der Waals surface area contributed by atoms with E-state index in [9.17, 15) is 4.79 Å². The Balaban J connectivity index is 1.49. The minimum absolute atomic E-state index is 0.103. The van der Waals surface area contributed by atoms with E-state index in [4.69, 9.17) is 13.6 Å². The third kappa shape index (κ3) is 2.59. The first-order valence-corrected chi connectivity index (χ1v) is 8.12. The lowest BCUT2D eigenvalue weighted by Crippen LogP contribution is -2.05. The highest BCUT2D eigenvalue weighted by Gasteiger charge is 2.20. The van der Waals surface area contributed by atoms with Gasteiger partial charge in [-0.05, 0) is 24.4 Å². The highest BCUT2D eigenvalue weighted by molar-refractivity contribution is 7.13. The predicted octanol–water partition coefficient (Wildman–Crippen LogP) is 4.21. The maximum atomic E-state index is 12.2. The fraction of sp³-hybridized carbons (Fsp3) is 0.118. The van der Waals surface area contributed by atoms with Crippen molar-refractivity contribution >= 4 is 28.3 Å². The maximum Gasteiger partial charge on any atom is 0.375 e. The number of aryl methyl sites for hydroxylation is 1. The van der Waals surface area contributed by atoms with Gasteiger partial charge in [0.15, 0.2) is 6.61 Å². The number of para-hydroxylation sites is 1. The van der Waals surface area contributed by atoms with E-state index in [-0.39, 0.29) is 18.3 Å². The molecule has 1 aromatic carbocycles. The Morgan fingerprint density at radius 3 is 2.83 bits per heavy atom. The standard InChI is InChI=1S/C17H12N2O4S/c1-10-11-5-2-3-6-12(11)22-15(10)17(20)21-9-14-18-19-16(23-14)13-7-4-8-24-13/h2-8H,9H2,1H3. The van der Waals surface area contributed by atoms with Crippen LogP contribution in [0.1, 0.15) is 22.0 Å². The van der Waals surface area contributed by atoms with Gasteiger partial charge in [0.05, 0.1) is 4.88 Å². The molecule has 24 heavy (non-hydrogen) atoms. The lowest BCUT2D eigenvalue weighted by atomic mass is 10.1. The highest BCUT2D eigenvalue weighted by Crippen LogP contribution is 2.26. The van der Waals surface area contributed by atoms with Crippen molar-refractivity contribution in [3.8, 4) is 10.8 Å². The third-order valence-corrected chi connectivity index (χ3v) is 4.41. The van der Waals surface area contributed by atoms with Gasteiger partial charge in [-0.25, -0.2) is 4.79 Å². The predicted molar refractivity (Wildman–Crippen MR) is 87.7 cm³/mol. The fourth-order valence-electron chi connectivity index (χ4n) is 2.37. The highest BCUT2D eigenvalue weighted by atomic mass is 32.1. The second-order valence-corrected chi connectivity index (χ2v) is 6.05. The van der Waals surface area contributed by atoms with Crippen LogP contribution >= 0.6 is 11.3 Å². The van der Waals surface area contributed by atoms with Crippen molar-refractivity contribution in [3.63, 3.8) is 0 Å². The Kier molecular flexibility index (Phi) is 3.62. The molecule has 0 bridgehead atoms. The Labute approximate surface area is 140 Å². The number of aromatic nitrogens is 2. The largest absolute Gasteiger partial charge is 0.450 e. The molecular formula is C17H12N2O4S. The van der Waals surface area contributed by atoms with Crippen molar-refractivity contribution in [2.24, 2.45) is 0 Å². The molecule has 0 aliphatic rings. The summed E-state index contributed by atoms with van der Waals surface area (Å²) in [4.78, 5) is 13.1. The second-order valence-electron chi connectivity index (χ2n) is 5.11. The van der Waals surface area contributed by atoms with Crippen LogP contribution < -0.4 is 0 Å². The minimum atomic E-state index is -0.556. The van der Waals surface area contributed by atoms with E-state index < -0.39 is 5.97 Å². The molecule has 3 heterocycles. The van der Waals surface area contributed by atoms with E-state index in [0.29, 0.717) is 11.5 Å². The summed E-state index contributed by atoms with van der Waals surface area (Å²) in [5.41, 5.74) is 1.40. The lowest BCUT2D eigenvalue weighted by molar-refractivity contribution is 0.0404. The van der Waals surface area contributed by atoms with Crippen molar-refractivity contribution in [1.29, 1.82) is 0 Å². The number of benzene rings is 1. The van der Waals surface area contributed by atoms with Crippen LogP contribution in [0, 0.1) is 6.92 Å². The number of ether oxygens (including phenoxy) is 1. The number of furan rings is 1. The number of esters is 1. The Morgan fingerprint density at radius 1 is 1.17 bits per heavy atom. The van der Waals surface area contributed by atoms with Crippen molar-refractivity contribution in [2.45, 2.75) is 13.5 Å². The topological polar surface area (TPSA) is 78.4 Å². The van der Waals surface area contributed by atoms with Gasteiger partial charge >= 0.3 is 5.97 Å². The monoisotopic (exact) mass is 340 g/mol. The zero-order valence-electron chi connectivity index (χ0n) is 12.7. The summed E-state index contributed by atoms with van der Waals surface area (Å²) in [5, 5.41) is 10.6. The smallest absolute Gasteiger partial charge is 0.375 e. The van der Waals surface area contributed by atoms with E-state index in [1.54, 1.807) is 0 Å². The number of nitrogens with zero attached hydrogens (tertiary/aromatic N) is 2. The fourth-order valence-corrected chi connectivity index (χ4v) is 3.02. The number of carbonyl (C=O) groups excluding carboxylic acids is 1. The SMILES string of the molecule is Cc1c(C(=O)OCc2nnc(-c3cccs3)o2)oc2ccccc12. The molecule has 0 spiro atoms. The molecule has 0 fully saturated rings. The normalized spacial score (nSPS) is 11.0. The van der Waals surface area contributed by atoms with Crippen LogP contribution in [0.15, 0.2) is 50.6 Å². The van der Waals surface area contributed by atoms with E-state index in [1.807, 2.05) is 48.7 Å². The quantitative estimate of drug-likeness (QED) is 0.518. The maximum absolute atomic E-state index is 12.2. The molecule has 0 saturated carbocycles. The van der Waals surface area contributed by atoms with Gasteiger partial charge in [0.1, 0.15) is 5.58 Å². The van der Waals surface area contributed by atoms with E-state index >= 15 is 0 Å². The van der Waals surface area contributed by atoms with Crippen LogP contribution in [0.3, 0.4) is 0 Å². The number of hydrogen-bond donors (Lipinski definition) is 0. The number of fused-ring (bicyclic) bond motifs is 1. The van der Waals surface area contributed by atoms with Gasteiger partial charge in [-0.15, -0.1) is 21.5 Å². The second kappa shape index (κ2) is 5.93. The van der Waals surface area contributed by atoms with Crippen LogP contribution in [0.5, 0.6) is 0 Å². The zero-order chi connectivity index (χ0) is 16.5. The van der Waals surface area contributed by atoms with Gasteiger partial charge in [-0.1, -0.05) is 24.3 Å². The summed E-state index contributed by atoms with van der Waals surface area (Å²) in [6.07, 6.45) is 0. The molecule has 4 aromatic rings. The molecule has 7 heteroatoms. The van der Waals surface area contributed by atoms with Crippen LogP contribution in [-0.4, -0.2) is 16.2 Å². The Bertz CT molecular complexity index is 1000. The molecule has 6 nitrogen and oxygen atoms in total. The molecule has 0 amide bonds. The number of thiophene rings is 1. The van der Waals surface area contributed by atoms with E-state index in [0.717, 1.165) is 15.8 Å². The van der Waals surface area contributed by atoms with Gasteiger partial charge in [-0.2, -0.15) is 0 Å². The van der Waals surface area contributed by atoms with Crippen molar-refractivity contribution in [2.75, 3.05) is 0 Å². The Hall–Kier alpha value is -2.93. The third-order valence-electron chi connectivity index (χ3n) is 3.55. The average Bonchev–Trinajstić information content (AvgIpc) is 3.33. The molecule has 3 aromatic heterocycles. The van der Waals surface area contributed by atoms with Gasteiger partial charge in [0, 0.05) is 10.9 Å². The van der Waals surface area contributed by atoms with Gasteiger partial charge in [0.25, 0.3) is 11.8 Å². The van der Waals surface area contributed by atoms with Crippen LogP contribution in [0.4, 0.5) is 0 Å². The zero-order valence-corrected chi connectivity index (χ0v) is 13.5. The van der Waals surface area contributed by atoms with Crippen molar-refractivity contribution in [1.82, 2.24) is 10.2 Å². The first kappa shape index (κ1) is 14.6. The number of carbonyl (C=O) groups is 1. The van der Waals surface area contributed by atoms with Gasteiger partial charge < -0.3 is 13.6 Å². The molecule has 0 aliphatic heterocycles. The summed E-state index contributed by atoms with van der Waals surface area (Å²) >= 11 is 1.50. The van der Waals surface area contributed by atoms with Crippen LogP contribution in [-0.2, 0) is 11.3 Å². The first-order chi connectivity index (χ1) is 11.7. The summed E-state index contributed by atoms with van der Waals surface area (Å²) in [7, 11) is 0. The molecule has 0 N–H and O–H groups in total. The molecule has 120 valence electrons. The van der Waals surface area contributed by atoms with E-state index in [2.05, 4.69) is 10.2 Å². The summed E-state index contributed by atoms with van der Waals surface area (Å²) in [6.45, 7) is 1.72. The van der Waals surface area contributed by atoms with E-state index in [1.165, 1.54) is 11.3 Å². The molecule has 0 unspecified atom stereocenters. The number of rotatable bonds is 4. The first-order valence-electron chi connectivity index (χ1n) is 7.24. The molecule has 0 saturated heterocycles. The van der Waals surface area contributed by atoms with Crippen molar-refractivity contribution < 1.29 is 18.4 Å². The summed E-state index contributed by atoms with van der Waals surface area (Å²) in [5.74, 6) is 0.283. The van der Waals surface area contributed by atoms with Gasteiger partial charge in [0.2, 0.25) is 5.76 Å². The molecule has 0 radical (unpaired) electrons. The minimum Gasteiger partial charge on any atom is -0.450 e. The van der Waals surface area contributed by atoms with Gasteiger partial charge in [-0.3, -0.25) is 0 Å². The molecule has 0 atom stereocenters. The van der Waals surface area contributed by atoms with Crippen molar-refractivity contribution in [3.05, 3.63) is 59.0 Å². The Morgan fingerprint density at radius 2 is 2.04 bits per heavy atom. The van der Waals surface area contributed by atoms with Crippen LogP contribution in [0.25, 0.3) is 21.7 Å². The average molecular weight is 340 g/mol. The molecule has 4 rings (SSSR count). The lowest BCUT2D eigenvalue weighted by Gasteiger charge is -1.99. The molecule has 0 aliphatic carbocycles.